The molecule has 0 radical (unpaired) electrons. The van der Waals surface area contributed by atoms with Crippen molar-refractivity contribution in [3.05, 3.63) is 66.5 Å². The van der Waals surface area contributed by atoms with Crippen molar-refractivity contribution in [2.45, 2.75) is 0 Å². The Kier molecular flexibility index (Phi) is 5.54. The molecule has 1 aliphatic rings. The summed E-state index contributed by atoms with van der Waals surface area (Å²) in [6, 6.07) is 17.6. The molecule has 0 spiro atoms. The van der Waals surface area contributed by atoms with Gasteiger partial charge in [0.2, 0.25) is 0 Å². The standard InChI is InChI=1S/C23H26N6O/c1-28-9-11-29(12-10-28)20-7-5-19(6-8-20)27-21-14-17(15-26-22(21)23(25)30)16-3-2-4-18(24)13-16/h2-8,13-15,27H,9-12,24H2,1H3,(H2,25,30). The molecular formula is C23H26N6O. The van der Waals surface area contributed by atoms with Gasteiger partial charge in [-0.25, -0.2) is 4.98 Å². The van der Waals surface area contributed by atoms with Crippen LogP contribution in [-0.2, 0) is 0 Å². The molecule has 5 N–H and O–H groups in total. The quantitative estimate of drug-likeness (QED) is 0.568. The summed E-state index contributed by atoms with van der Waals surface area (Å²) in [5.41, 5.74) is 16.7. The minimum atomic E-state index is -0.578. The number of benzene rings is 2. The average molecular weight is 403 g/mol. The number of nitrogens with two attached hydrogens (primary N) is 2. The number of carbonyl (C=O) groups is 1. The summed E-state index contributed by atoms with van der Waals surface area (Å²) >= 11 is 0. The lowest BCUT2D eigenvalue weighted by atomic mass is 10.1. The van der Waals surface area contributed by atoms with Crippen LogP contribution in [0, 0.1) is 0 Å². The van der Waals surface area contributed by atoms with Crippen molar-refractivity contribution >= 4 is 28.7 Å². The second-order valence-corrected chi connectivity index (χ2v) is 7.57. The van der Waals surface area contributed by atoms with E-state index in [1.165, 1.54) is 5.69 Å². The number of hydrogen-bond donors (Lipinski definition) is 3. The van der Waals surface area contributed by atoms with Crippen LogP contribution in [0.15, 0.2) is 60.8 Å². The van der Waals surface area contributed by atoms with E-state index in [9.17, 15) is 4.79 Å². The van der Waals surface area contributed by atoms with Crippen molar-refractivity contribution in [3.63, 3.8) is 0 Å². The summed E-state index contributed by atoms with van der Waals surface area (Å²) < 4.78 is 0. The molecule has 0 atom stereocenters. The third-order valence-electron chi connectivity index (χ3n) is 5.36. The first-order chi connectivity index (χ1) is 14.5. The van der Waals surface area contributed by atoms with Crippen LogP contribution in [0.2, 0.25) is 0 Å². The average Bonchev–Trinajstić information content (AvgIpc) is 2.75. The second-order valence-electron chi connectivity index (χ2n) is 7.57. The predicted molar refractivity (Wildman–Crippen MR) is 122 cm³/mol. The Bertz CT molecular complexity index is 1040. The van der Waals surface area contributed by atoms with Crippen molar-refractivity contribution in [2.24, 2.45) is 5.73 Å². The minimum Gasteiger partial charge on any atom is -0.399 e. The topological polar surface area (TPSA) is 101 Å². The third kappa shape index (κ3) is 4.36. The summed E-state index contributed by atoms with van der Waals surface area (Å²) in [6.45, 7) is 4.15. The van der Waals surface area contributed by atoms with E-state index in [2.05, 4.69) is 39.3 Å². The molecule has 1 aromatic heterocycles. The Balaban J connectivity index is 1.58. The largest absolute Gasteiger partial charge is 0.399 e. The molecule has 0 saturated carbocycles. The Morgan fingerprint density at radius 2 is 1.73 bits per heavy atom. The van der Waals surface area contributed by atoms with E-state index in [-0.39, 0.29) is 5.69 Å². The van der Waals surface area contributed by atoms with E-state index in [4.69, 9.17) is 11.5 Å². The number of aromatic nitrogens is 1. The van der Waals surface area contributed by atoms with Crippen LogP contribution in [0.25, 0.3) is 11.1 Å². The molecule has 1 fully saturated rings. The lowest BCUT2D eigenvalue weighted by Gasteiger charge is -2.34. The van der Waals surface area contributed by atoms with Crippen molar-refractivity contribution in [1.29, 1.82) is 0 Å². The number of nitrogen functional groups attached to an aromatic ring is 1. The van der Waals surface area contributed by atoms with Crippen LogP contribution in [0.3, 0.4) is 0 Å². The van der Waals surface area contributed by atoms with Gasteiger partial charge in [0.1, 0.15) is 0 Å². The number of hydrogen-bond acceptors (Lipinski definition) is 6. The zero-order valence-electron chi connectivity index (χ0n) is 17.0. The number of pyridine rings is 1. The summed E-state index contributed by atoms with van der Waals surface area (Å²) in [5.74, 6) is -0.578. The van der Waals surface area contributed by atoms with E-state index in [1.807, 2.05) is 42.5 Å². The smallest absolute Gasteiger partial charge is 0.269 e. The molecular weight excluding hydrogens is 376 g/mol. The van der Waals surface area contributed by atoms with Gasteiger partial charge in [-0.3, -0.25) is 4.79 Å². The fourth-order valence-corrected chi connectivity index (χ4v) is 3.61. The molecule has 3 aromatic rings. The number of nitrogens with one attached hydrogen (secondary N) is 1. The molecule has 0 bridgehead atoms. The predicted octanol–water partition coefficient (Wildman–Crippen LogP) is 2.93. The van der Waals surface area contributed by atoms with E-state index < -0.39 is 5.91 Å². The number of likely N-dealkylation sites (N-methyl/N-ethyl adjacent to an activating group) is 1. The maximum Gasteiger partial charge on any atom is 0.269 e. The lowest BCUT2D eigenvalue weighted by Crippen LogP contribution is -2.44. The fourth-order valence-electron chi connectivity index (χ4n) is 3.61. The lowest BCUT2D eigenvalue weighted by molar-refractivity contribution is 0.0996. The van der Waals surface area contributed by atoms with Gasteiger partial charge < -0.3 is 26.6 Å². The van der Waals surface area contributed by atoms with Crippen molar-refractivity contribution in [1.82, 2.24) is 9.88 Å². The SMILES string of the molecule is CN1CCN(c2ccc(Nc3cc(-c4cccc(N)c4)cnc3C(N)=O)cc2)CC1. The summed E-state index contributed by atoms with van der Waals surface area (Å²) in [4.78, 5) is 20.9. The monoisotopic (exact) mass is 402 g/mol. The van der Waals surface area contributed by atoms with Gasteiger partial charge in [-0.2, -0.15) is 0 Å². The Hall–Kier alpha value is -3.58. The minimum absolute atomic E-state index is 0.200. The highest BCUT2D eigenvalue weighted by molar-refractivity contribution is 5.98. The maximum atomic E-state index is 11.9. The molecule has 1 saturated heterocycles. The molecule has 1 amide bonds. The van der Waals surface area contributed by atoms with E-state index in [1.54, 1.807) is 6.20 Å². The zero-order chi connectivity index (χ0) is 21.1. The normalized spacial score (nSPS) is 14.5. The number of anilines is 4. The first kappa shape index (κ1) is 19.7. The second kappa shape index (κ2) is 8.42. The molecule has 154 valence electrons. The van der Waals surface area contributed by atoms with Gasteiger partial charge in [-0.05, 0) is 55.1 Å². The van der Waals surface area contributed by atoms with Crippen molar-refractivity contribution in [2.75, 3.05) is 49.2 Å². The van der Waals surface area contributed by atoms with Crippen LogP contribution in [-0.4, -0.2) is 49.0 Å². The van der Waals surface area contributed by atoms with E-state index in [0.717, 1.165) is 43.0 Å². The molecule has 30 heavy (non-hydrogen) atoms. The summed E-state index contributed by atoms with van der Waals surface area (Å²) in [7, 11) is 2.15. The number of rotatable bonds is 5. The number of carbonyl (C=O) groups excluding carboxylic acids is 1. The Labute approximate surface area is 176 Å². The summed E-state index contributed by atoms with van der Waals surface area (Å²) in [5, 5.41) is 3.29. The highest BCUT2D eigenvalue weighted by atomic mass is 16.1. The van der Waals surface area contributed by atoms with Crippen LogP contribution in [0.5, 0.6) is 0 Å². The van der Waals surface area contributed by atoms with Gasteiger partial charge in [-0.1, -0.05) is 12.1 Å². The number of primary amides is 1. The van der Waals surface area contributed by atoms with Gasteiger partial charge in [-0.15, -0.1) is 0 Å². The van der Waals surface area contributed by atoms with Crippen LogP contribution >= 0.6 is 0 Å². The molecule has 1 aliphatic heterocycles. The van der Waals surface area contributed by atoms with Gasteiger partial charge in [0.05, 0.1) is 5.69 Å². The van der Waals surface area contributed by atoms with Crippen LogP contribution in [0.1, 0.15) is 10.5 Å². The van der Waals surface area contributed by atoms with Crippen molar-refractivity contribution in [3.8, 4) is 11.1 Å². The van der Waals surface area contributed by atoms with Gasteiger partial charge in [0.25, 0.3) is 5.91 Å². The number of piperazine rings is 1. The molecule has 7 nitrogen and oxygen atoms in total. The molecule has 2 heterocycles. The fraction of sp³-hybridized carbons (Fsp3) is 0.217. The molecule has 2 aromatic carbocycles. The number of nitrogens with zero attached hydrogens (tertiary/aromatic N) is 3. The van der Waals surface area contributed by atoms with Crippen molar-refractivity contribution < 1.29 is 4.79 Å². The highest BCUT2D eigenvalue weighted by Crippen LogP contribution is 2.28. The van der Waals surface area contributed by atoms with Crippen LogP contribution in [0.4, 0.5) is 22.7 Å². The summed E-state index contributed by atoms with van der Waals surface area (Å²) in [6.07, 6.45) is 1.64. The first-order valence-electron chi connectivity index (χ1n) is 9.96. The zero-order valence-corrected chi connectivity index (χ0v) is 17.0. The molecule has 4 rings (SSSR count). The van der Waals surface area contributed by atoms with Gasteiger partial charge >= 0.3 is 0 Å². The van der Waals surface area contributed by atoms with Gasteiger partial charge in [0.15, 0.2) is 5.69 Å². The van der Waals surface area contributed by atoms with Gasteiger partial charge in [0, 0.05) is 55.0 Å². The van der Waals surface area contributed by atoms with E-state index in [0.29, 0.717) is 11.4 Å². The van der Waals surface area contributed by atoms with E-state index >= 15 is 0 Å². The maximum absolute atomic E-state index is 11.9. The molecule has 0 aliphatic carbocycles. The number of amides is 1. The molecule has 7 heteroatoms. The highest BCUT2D eigenvalue weighted by Gasteiger charge is 2.15. The first-order valence-corrected chi connectivity index (χ1v) is 9.96. The van der Waals surface area contributed by atoms with Crippen LogP contribution < -0.4 is 21.7 Å². The third-order valence-corrected chi connectivity index (χ3v) is 5.36. The Morgan fingerprint density at radius 1 is 1.00 bits per heavy atom. The molecule has 0 unspecified atom stereocenters. The Morgan fingerprint density at radius 3 is 2.40 bits per heavy atom.